The van der Waals surface area contributed by atoms with Crippen LogP contribution in [0.15, 0.2) is 36.9 Å². The summed E-state index contributed by atoms with van der Waals surface area (Å²) >= 11 is 5.31. The number of nitriles is 1. The number of benzene rings is 1. The molecule has 0 N–H and O–H groups in total. The third kappa shape index (κ3) is 5.28. The summed E-state index contributed by atoms with van der Waals surface area (Å²) in [6.07, 6.45) is -2.70. The minimum Gasteiger partial charge on any atom is -0.300 e. The number of rotatable bonds is 7. The number of allylic oxidation sites excluding steroid dienone is 1. The van der Waals surface area contributed by atoms with Gasteiger partial charge < -0.3 is 4.57 Å². The number of aromatic nitrogens is 3. The molecule has 5 nitrogen and oxygen atoms in total. The number of alkyl halides is 3. The van der Waals surface area contributed by atoms with Gasteiger partial charge in [-0.25, -0.2) is 4.68 Å². The van der Waals surface area contributed by atoms with E-state index in [2.05, 4.69) is 11.7 Å². The molecule has 1 aromatic carbocycles. The molecule has 0 fully saturated rings. The van der Waals surface area contributed by atoms with Crippen molar-refractivity contribution in [3.8, 4) is 6.07 Å². The molecule has 0 aliphatic carbocycles. The Morgan fingerprint density at radius 2 is 2.00 bits per heavy atom. The molecule has 26 heavy (non-hydrogen) atoms. The molecule has 0 radical (unpaired) electrons. The van der Waals surface area contributed by atoms with Gasteiger partial charge in [0.25, 0.3) is 0 Å². The predicted molar refractivity (Wildman–Crippen MR) is 93.6 cm³/mol. The van der Waals surface area contributed by atoms with Gasteiger partial charge >= 0.3 is 6.18 Å². The molecule has 9 heteroatoms. The predicted octanol–water partition coefficient (Wildman–Crippen LogP) is 3.80. The second-order valence-electron chi connectivity index (χ2n) is 5.78. The molecule has 0 bridgehead atoms. The van der Waals surface area contributed by atoms with E-state index in [0.29, 0.717) is 28.3 Å². The van der Waals surface area contributed by atoms with Crippen LogP contribution in [0.25, 0.3) is 0 Å². The van der Waals surface area contributed by atoms with E-state index in [1.807, 2.05) is 6.07 Å². The molecule has 0 aliphatic heterocycles. The van der Waals surface area contributed by atoms with Crippen LogP contribution in [0, 0.1) is 23.0 Å². The first kappa shape index (κ1) is 19.9. The Balaban J connectivity index is 2.25. The highest BCUT2D eigenvalue weighted by atomic mass is 32.1. The van der Waals surface area contributed by atoms with Gasteiger partial charge in [-0.2, -0.15) is 23.5 Å². The second-order valence-corrected chi connectivity index (χ2v) is 6.15. The first-order valence-corrected chi connectivity index (χ1v) is 8.17. The minimum atomic E-state index is -4.35. The number of hydrogen-bond acceptors (Lipinski definition) is 4. The quantitative estimate of drug-likeness (QED) is 0.541. The van der Waals surface area contributed by atoms with Crippen LogP contribution in [0.2, 0.25) is 0 Å². The summed E-state index contributed by atoms with van der Waals surface area (Å²) in [4.78, 5) is 1.21. The molecule has 2 aromatic rings. The molecule has 0 amide bonds. The van der Waals surface area contributed by atoms with E-state index in [9.17, 15) is 13.2 Å². The molecule has 0 saturated heterocycles. The van der Waals surface area contributed by atoms with E-state index in [1.165, 1.54) is 9.58 Å². The summed E-state index contributed by atoms with van der Waals surface area (Å²) < 4.78 is 42.4. The van der Waals surface area contributed by atoms with Crippen molar-refractivity contribution in [3.05, 3.63) is 58.6 Å². The lowest BCUT2D eigenvalue weighted by Gasteiger charge is -2.23. The minimum absolute atomic E-state index is 0.0559. The van der Waals surface area contributed by atoms with E-state index in [1.54, 1.807) is 41.8 Å². The molecule has 1 aromatic heterocycles. The number of hydrogen-bond donors (Lipinski definition) is 0. The summed E-state index contributed by atoms with van der Waals surface area (Å²) in [7, 11) is 0. The fraction of sp³-hybridized carbons (Fsp3) is 0.353. The maximum Gasteiger partial charge on any atom is 0.401 e. The fourth-order valence-electron chi connectivity index (χ4n) is 2.52. The van der Waals surface area contributed by atoms with Crippen molar-refractivity contribution >= 4 is 12.2 Å². The van der Waals surface area contributed by atoms with Crippen molar-refractivity contribution < 1.29 is 13.2 Å². The van der Waals surface area contributed by atoms with Crippen LogP contribution < -0.4 is 0 Å². The van der Waals surface area contributed by atoms with Crippen molar-refractivity contribution in [1.29, 1.82) is 5.26 Å². The lowest BCUT2D eigenvalue weighted by molar-refractivity contribution is -0.151. The molecular formula is C17H18F3N5S. The van der Waals surface area contributed by atoms with Gasteiger partial charge in [-0.1, -0.05) is 18.2 Å². The van der Waals surface area contributed by atoms with Gasteiger partial charge in [-0.3, -0.25) is 4.90 Å². The molecule has 0 aliphatic rings. The highest BCUT2D eigenvalue weighted by Gasteiger charge is 2.31. The van der Waals surface area contributed by atoms with Gasteiger partial charge in [-0.15, -0.1) is 6.58 Å². The lowest BCUT2D eigenvalue weighted by Crippen LogP contribution is -2.35. The van der Waals surface area contributed by atoms with Crippen LogP contribution in [0.1, 0.15) is 17.0 Å². The fourth-order valence-corrected chi connectivity index (χ4v) is 2.83. The van der Waals surface area contributed by atoms with Crippen LogP contribution in [-0.2, 0) is 19.8 Å². The van der Waals surface area contributed by atoms with Gasteiger partial charge in [0.15, 0.2) is 4.77 Å². The maximum atomic E-state index is 13.0. The van der Waals surface area contributed by atoms with E-state index in [0.717, 1.165) is 0 Å². The first-order chi connectivity index (χ1) is 12.2. The Morgan fingerprint density at radius 1 is 1.35 bits per heavy atom. The van der Waals surface area contributed by atoms with Crippen LogP contribution in [0.3, 0.4) is 0 Å². The van der Waals surface area contributed by atoms with Gasteiger partial charge in [0.2, 0.25) is 0 Å². The summed E-state index contributed by atoms with van der Waals surface area (Å²) in [5.41, 5.74) is 1.12. The zero-order valence-electron chi connectivity index (χ0n) is 14.2. The average Bonchev–Trinajstić information content (AvgIpc) is 2.82. The van der Waals surface area contributed by atoms with E-state index >= 15 is 0 Å². The Labute approximate surface area is 154 Å². The normalized spacial score (nSPS) is 11.5. The molecule has 0 unspecified atom stereocenters. The topological polar surface area (TPSA) is 49.8 Å². The second kappa shape index (κ2) is 8.29. The van der Waals surface area contributed by atoms with Gasteiger partial charge in [0, 0.05) is 13.1 Å². The molecule has 0 spiro atoms. The Hall–Kier alpha value is -2.44. The monoisotopic (exact) mass is 381 g/mol. The SMILES string of the molecule is C=CCn1c(C)nn(CN(Cc2ccc(C#N)cc2)CC(F)(F)F)c1=S. The molecule has 1 heterocycles. The van der Waals surface area contributed by atoms with Crippen LogP contribution >= 0.6 is 12.2 Å². The Morgan fingerprint density at radius 3 is 2.54 bits per heavy atom. The van der Waals surface area contributed by atoms with E-state index < -0.39 is 12.7 Å². The molecule has 0 atom stereocenters. The van der Waals surface area contributed by atoms with Crippen LogP contribution in [-0.4, -0.2) is 32.0 Å². The molecule has 138 valence electrons. The zero-order chi connectivity index (χ0) is 19.3. The standard InChI is InChI=1S/C17H18F3N5S/c1-3-8-24-13(2)22-25(16(24)26)12-23(11-17(18,19)20)10-15-6-4-14(9-21)5-7-15/h3-7H,1,8,10-12H2,2H3. The summed E-state index contributed by atoms with van der Waals surface area (Å²) in [6, 6.07) is 8.42. The summed E-state index contributed by atoms with van der Waals surface area (Å²) in [5, 5.41) is 13.1. The highest BCUT2D eigenvalue weighted by molar-refractivity contribution is 7.71. The number of nitrogens with zero attached hydrogens (tertiary/aromatic N) is 5. The van der Waals surface area contributed by atoms with Crippen LogP contribution in [0.5, 0.6) is 0 Å². The Bertz CT molecular complexity index is 858. The largest absolute Gasteiger partial charge is 0.401 e. The van der Waals surface area contributed by atoms with E-state index in [-0.39, 0.29) is 13.2 Å². The third-order valence-corrected chi connectivity index (χ3v) is 4.08. The highest BCUT2D eigenvalue weighted by Crippen LogP contribution is 2.19. The molecule has 0 saturated carbocycles. The Kier molecular flexibility index (Phi) is 6.34. The summed E-state index contributed by atoms with van der Waals surface area (Å²) in [5.74, 6) is 0.611. The smallest absolute Gasteiger partial charge is 0.300 e. The van der Waals surface area contributed by atoms with Crippen molar-refractivity contribution in [2.75, 3.05) is 6.54 Å². The zero-order valence-corrected chi connectivity index (χ0v) is 15.0. The van der Waals surface area contributed by atoms with Crippen molar-refractivity contribution in [1.82, 2.24) is 19.2 Å². The average molecular weight is 381 g/mol. The van der Waals surface area contributed by atoms with E-state index in [4.69, 9.17) is 17.5 Å². The number of aryl methyl sites for hydroxylation is 1. The van der Waals surface area contributed by atoms with Gasteiger partial charge in [0.1, 0.15) is 5.82 Å². The van der Waals surface area contributed by atoms with Crippen molar-refractivity contribution in [2.45, 2.75) is 32.9 Å². The first-order valence-electron chi connectivity index (χ1n) is 7.77. The maximum absolute atomic E-state index is 13.0. The van der Waals surface area contributed by atoms with Gasteiger partial charge in [-0.05, 0) is 36.8 Å². The number of halogens is 3. The van der Waals surface area contributed by atoms with Crippen LogP contribution in [0.4, 0.5) is 13.2 Å². The lowest BCUT2D eigenvalue weighted by atomic mass is 10.1. The third-order valence-electron chi connectivity index (χ3n) is 3.65. The van der Waals surface area contributed by atoms with Crippen molar-refractivity contribution in [2.24, 2.45) is 0 Å². The summed E-state index contributed by atoms with van der Waals surface area (Å²) in [6.45, 7) is 4.69. The van der Waals surface area contributed by atoms with Crippen molar-refractivity contribution in [3.63, 3.8) is 0 Å². The molecular weight excluding hydrogens is 363 g/mol. The molecule has 2 rings (SSSR count). The van der Waals surface area contributed by atoms with Gasteiger partial charge in [0.05, 0.1) is 24.8 Å².